The van der Waals surface area contributed by atoms with Crippen molar-refractivity contribution in [1.82, 2.24) is 19.0 Å². The molecule has 2 aromatic rings. The number of nitrogens with one attached hydrogen (secondary N) is 1. The highest BCUT2D eigenvalue weighted by atomic mass is 32.1. The highest BCUT2D eigenvalue weighted by Gasteiger charge is 2.35. The minimum absolute atomic E-state index is 0.401. The van der Waals surface area contributed by atoms with Crippen molar-refractivity contribution in [2.75, 3.05) is 7.05 Å². The first-order chi connectivity index (χ1) is 8.02. The van der Waals surface area contributed by atoms with E-state index in [1.165, 1.54) is 12.4 Å². The summed E-state index contributed by atoms with van der Waals surface area (Å²) in [6.07, 6.45) is -1.66. The molecule has 9 heteroatoms. The van der Waals surface area contributed by atoms with E-state index in [4.69, 9.17) is 0 Å². The Morgan fingerprint density at radius 1 is 1.35 bits per heavy atom. The quantitative estimate of drug-likeness (QED) is 0.937. The summed E-state index contributed by atoms with van der Waals surface area (Å²) in [5, 5.41) is 2.04. The number of aromatic nitrogens is 3. The molecule has 1 N–H and O–H groups in total. The van der Waals surface area contributed by atoms with Gasteiger partial charge in [-0.15, -0.1) is 11.3 Å². The molecule has 2 rings (SSSR count). The number of hydrogen-bond donors (Lipinski definition) is 1. The molecule has 0 saturated heterocycles. The van der Waals surface area contributed by atoms with Gasteiger partial charge in [-0.1, -0.05) is 0 Å². The van der Waals surface area contributed by atoms with Gasteiger partial charge in [0.2, 0.25) is 0 Å². The Balaban J connectivity index is 2.30. The lowest BCUT2D eigenvalue weighted by Gasteiger charge is -2.09. The second kappa shape index (κ2) is 4.67. The van der Waals surface area contributed by atoms with Gasteiger partial charge in [0.1, 0.15) is 0 Å². The molecule has 92 valence electrons. The number of thiazole rings is 1. The largest absolute Gasteiger partial charge is 0.443 e. The fourth-order valence-electron chi connectivity index (χ4n) is 1.29. The van der Waals surface area contributed by atoms with E-state index >= 15 is 0 Å². The van der Waals surface area contributed by atoms with E-state index in [0.29, 0.717) is 21.9 Å². The van der Waals surface area contributed by atoms with Gasteiger partial charge in [0.25, 0.3) is 0 Å². The molecule has 0 fully saturated rings. The summed E-state index contributed by atoms with van der Waals surface area (Å²) >= 11 is 1.62. The molecule has 0 aliphatic rings. The van der Waals surface area contributed by atoms with Crippen molar-refractivity contribution in [3.63, 3.8) is 0 Å². The zero-order valence-corrected chi connectivity index (χ0v) is 10.2. The monoisotopic (exact) mass is 280 g/mol. The van der Waals surface area contributed by atoms with Gasteiger partial charge in [0, 0.05) is 11.1 Å². The van der Waals surface area contributed by atoms with Crippen LogP contribution in [0.25, 0.3) is 0 Å². The third-order valence-corrected chi connectivity index (χ3v) is 3.61. The Hall–Kier alpha value is -1.06. The predicted octanol–water partition coefficient (Wildman–Crippen LogP) is 2.32. The summed E-state index contributed by atoms with van der Waals surface area (Å²) in [5.41, 5.74) is 0.592. The Bertz CT molecular complexity index is 479. The fraction of sp³-hybridized carbons (Fsp3) is 0.375. The van der Waals surface area contributed by atoms with Crippen LogP contribution in [0.2, 0.25) is 0 Å². The van der Waals surface area contributed by atoms with Crippen LogP contribution in [0.15, 0.2) is 12.4 Å². The lowest BCUT2D eigenvalue weighted by molar-refractivity contribution is -0.137. The number of halogens is 3. The summed E-state index contributed by atoms with van der Waals surface area (Å²) in [4.78, 5) is 3.84. The molecule has 0 saturated carbocycles. The molecular weight excluding hydrogens is 273 g/mol. The van der Waals surface area contributed by atoms with E-state index in [1.54, 1.807) is 7.05 Å². The van der Waals surface area contributed by atoms with Gasteiger partial charge >= 0.3 is 6.18 Å². The lowest BCUT2D eigenvalue weighted by Crippen LogP contribution is -2.16. The molecule has 0 aliphatic heterocycles. The maximum Gasteiger partial charge on any atom is 0.443 e. The molecule has 0 bridgehead atoms. The van der Waals surface area contributed by atoms with Crippen molar-refractivity contribution in [3.8, 4) is 0 Å². The predicted molar refractivity (Wildman–Crippen MR) is 57.9 cm³/mol. The van der Waals surface area contributed by atoms with Crippen LogP contribution < -0.4 is 5.32 Å². The summed E-state index contributed by atoms with van der Waals surface area (Å²) < 4.78 is 45.1. The zero-order chi connectivity index (χ0) is 12.5. The number of alkyl halides is 3. The summed E-state index contributed by atoms with van der Waals surface area (Å²) in [6.45, 7) is 0. The Kier molecular flexibility index (Phi) is 3.40. The minimum Gasteiger partial charge on any atom is -0.307 e. The number of hydrogen-bond acceptors (Lipinski definition) is 6. The molecular formula is C8H7F3N4S2. The Morgan fingerprint density at radius 3 is 2.59 bits per heavy atom. The summed E-state index contributed by atoms with van der Waals surface area (Å²) in [6, 6.07) is -0.401. The van der Waals surface area contributed by atoms with Gasteiger partial charge in [-0.25, -0.2) is 4.98 Å². The van der Waals surface area contributed by atoms with Crippen molar-refractivity contribution in [3.05, 3.63) is 28.0 Å². The molecule has 0 aliphatic carbocycles. The van der Waals surface area contributed by atoms with Crippen LogP contribution in [0.3, 0.4) is 0 Å². The highest BCUT2D eigenvalue weighted by molar-refractivity contribution is 7.11. The lowest BCUT2D eigenvalue weighted by atomic mass is 10.2. The van der Waals surface area contributed by atoms with Crippen molar-refractivity contribution < 1.29 is 13.2 Å². The zero-order valence-electron chi connectivity index (χ0n) is 8.52. The molecule has 1 unspecified atom stereocenters. The molecule has 0 radical (unpaired) electrons. The van der Waals surface area contributed by atoms with Gasteiger partial charge < -0.3 is 5.32 Å². The maximum atomic E-state index is 12.4. The van der Waals surface area contributed by atoms with Crippen molar-refractivity contribution >= 4 is 23.1 Å². The van der Waals surface area contributed by atoms with E-state index in [0.717, 1.165) is 11.7 Å². The van der Waals surface area contributed by atoms with Gasteiger partial charge in [-0.05, 0) is 7.05 Å². The molecule has 0 aromatic carbocycles. The maximum absolute atomic E-state index is 12.4. The average Bonchev–Trinajstić information content (AvgIpc) is 2.87. The SMILES string of the molecule is CNC(c1cnsn1)c1cnc(C(F)(F)F)s1. The minimum atomic E-state index is -4.40. The third-order valence-electron chi connectivity index (χ3n) is 2.01. The second-order valence-corrected chi connectivity index (χ2v) is 4.74. The first-order valence-corrected chi connectivity index (χ1v) is 6.04. The molecule has 2 heterocycles. The first-order valence-electron chi connectivity index (χ1n) is 4.50. The molecule has 2 aromatic heterocycles. The van der Waals surface area contributed by atoms with Crippen LogP contribution in [0.4, 0.5) is 13.2 Å². The molecule has 1 atom stereocenters. The number of rotatable bonds is 3. The average molecular weight is 280 g/mol. The van der Waals surface area contributed by atoms with E-state index in [9.17, 15) is 13.2 Å². The van der Waals surface area contributed by atoms with E-state index in [-0.39, 0.29) is 0 Å². The first kappa shape index (κ1) is 12.4. The topological polar surface area (TPSA) is 50.7 Å². The normalized spacial score (nSPS) is 13.9. The highest BCUT2D eigenvalue weighted by Crippen LogP contribution is 2.35. The van der Waals surface area contributed by atoms with Crippen LogP contribution in [0, 0.1) is 0 Å². The van der Waals surface area contributed by atoms with Crippen LogP contribution in [0.5, 0.6) is 0 Å². The van der Waals surface area contributed by atoms with Crippen LogP contribution in [-0.4, -0.2) is 20.8 Å². The van der Waals surface area contributed by atoms with Gasteiger partial charge in [-0.3, -0.25) is 0 Å². The molecule has 17 heavy (non-hydrogen) atoms. The van der Waals surface area contributed by atoms with E-state index in [1.807, 2.05) is 0 Å². The van der Waals surface area contributed by atoms with Crippen molar-refractivity contribution in [1.29, 1.82) is 0 Å². The standard InChI is InChI=1S/C8H7F3N4S2/c1-12-6(4-2-14-17-15-4)5-3-13-7(16-5)8(9,10)11/h2-3,6,12H,1H3. The molecule has 0 spiro atoms. The second-order valence-electron chi connectivity index (χ2n) is 3.12. The van der Waals surface area contributed by atoms with E-state index in [2.05, 4.69) is 19.0 Å². The van der Waals surface area contributed by atoms with Crippen molar-refractivity contribution in [2.24, 2.45) is 0 Å². The van der Waals surface area contributed by atoms with Crippen molar-refractivity contribution in [2.45, 2.75) is 12.2 Å². The van der Waals surface area contributed by atoms with Gasteiger partial charge in [0.15, 0.2) is 5.01 Å². The molecule has 0 amide bonds. The molecule has 4 nitrogen and oxygen atoms in total. The summed E-state index contributed by atoms with van der Waals surface area (Å²) in [7, 11) is 1.65. The Labute approximate surface area is 103 Å². The third kappa shape index (κ3) is 2.61. The van der Waals surface area contributed by atoms with Gasteiger partial charge in [0.05, 0.1) is 29.7 Å². The van der Waals surface area contributed by atoms with Crippen LogP contribution in [-0.2, 0) is 6.18 Å². The smallest absolute Gasteiger partial charge is 0.307 e. The van der Waals surface area contributed by atoms with Gasteiger partial charge in [-0.2, -0.15) is 21.9 Å². The van der Waals surface area contributed by atoms with Crippen LogP contribution >= 0.6 is 23.1 Å². The van der Waals surface area contributed by atoms with Crippen LogP contribution in [0.1, 0.15) is 21.6 Å². The number of nitrogens with zero attached hydrogens (tertiary/aromatic N) is 3. The van der Waals surface area contributed by atoms with E-state index < -0.39 is 17.2 Å². The Morgan fingerprint density at radius 2 is 2.12 bits per heavy atom. The fourth-order valence-corrected chi connectivity index (χ4v) is 2.64. The summed E-state index contributed by atoms with van der Waals surface area (Å²) in [5.74, 6) is 0.